The van der Waals surface area contributed by atoms with Gasteiger partial charge in [-0.15, -0.1) is 0 Å². The largest absolute Gasteiger partial charge is 0.353 e. The molecule has 2 unspecified atom stereocenters. The Bertz CT molecular complexity index is 1040. The molecule has 0 aliphatic carbocycles. The van der Waals surface area contributed by atoms with E-state index in [4.69, 9.17) is 16.6 Å². The molecule has 0 spiro atoms. The Morgan fingerprint density at radius 3 is 2.47 bits per heavy atom. The van der Waals surface area contributed by atoms with Gasteiger partial charge in [0.15, 0.2) is 0 Å². The number of benzene rings is 1. The molecule has 1 aliphatic heterocycles. The Morgan fingerprint density at radius 1 is 1.11 bits per heavy atom. The third kappa shape index (κ3) is 7.43. The Balaban J connectivity index is 1.67. The number of carbonyl (C=O) groups excluding carboxylic acids is 2. The fraction of sp³-hybridized carbons (Fsp3) is 0.536. The van der Waals surface area contributed by atoms with Crippen molar-refractivity contribution in [2.45, 2.75) is 46.6 Å². The van der Waals surface area contributed by atoms with Crippen molar-refractivity contribution in [3.8, 4) is 0 Å². The molecule has 196 valence electrons. The Morgan fingerprint density at radius 2 is 1.83 bits per heavy atom. The maximum atomic E-state index is 13.2. The molecule has 2 heterocycles. The number of carbonyl (C=O) groups is 2. The molecule has 8 heteroatoms. The SMILES string of the molecule is CNCC(=O)NC(CC(C)C)c1cccnc1N1CCN(C(=O)C(C)Cc2ccc(C)cc2Cl)CC1. The number of nitrogens with zero attached hydrogens (tertiary/aromatic N) is 3. The first-order chi connectivity index (χ1) is 17.2. The summed E-state index contributed by atoms with van der Waals surface area (Å²) in [5.74, 6) is 1.29. The van der Waals surface area contributed by atoms with E-state index in [1.165, 1.54) is 0 Å². The molecule has 1 saturated heterocycles. The number of hydrogen-bond donors (Lipinski definition) is 2. The topological polar surface area (TPSA) is 77.6 Å². The molecule has 0 saturated carbocycles. The van der Waals surface area contributed by atoms with Crippen LogP contribution in [-0.2, 0) is 16.0 Å². The third-order valence-corrected chi connectivity index (χ3v) is 6.97. The second-order valence-electron chi connectivity index (χ2n) is 10.2. The van der Waals surface area contributed by atoms with Crippen LogP contribution >= 0.6 is 11.6 Å². The summed E-state index contributed by atoms with van der Waals surface area (Å²) in [7, 11) is 1.77. The second kappa shape index (κ2) is 13.1. The molecule has 1 aromatic heterocycles. The van der Waals surface area contributed by atoms with Crippen LogP contribution in [-0.4, -0.2) is 61.5 Å². The van der Waals surface area contributed by atoms with E-state index >= 15 is 0 Å². The van der Waals surface area contributed by atoms with Crippen molar-refractivity contribution >= 4 is 29.2 Å². The van der Waals surface area contributed by atoms with Crippen molar-refractivity contribution in [1.29, 1.82) is 0 Å². The monoisotopic (exact) mass is 513 g/mol. The molecule has 1 aliphatic rings. The fourth-order valence-corrected chi connectivity index (χ4v) is 5.08. The van der Waals surface area contributed by atoms with E-state index in [-0.39, 0.29) is 30.3 Å². The number of halogens is 1. The van der Waals surface area contributed by atoms with Gasteiger partial charge in [-0.3, -0.25) is 9.59 Å². The predicted octanol–water partition coefficient (Wildman–Crippen LogP) is 3.99. The summed E-state index contributed by atoms with van der Waals surface area (Å²) in [5.41, 5.74) is 3.15. The highest BCUT2D eigenvalue weighted by molar-refractivity contribution is 6.31. The fourth-order valence-electron chi connectivity index (χ4n) is 4.77. The highest BCUT2D eigenvalue weighted by Gasteiger charge is 2.28. The van der Waals surface area contributed by atoms with Crippen LogP contribution in [0.15, 0.2) is 36.5 Å². The minimum Gasteiger partial charge on any atom is -0.353 e. The lowest BCUT2D eigenvalue weighted by molar-refractivity contribution is -0.135. The van der Waals surface area contributed by atoms with Gasteiger partial charge in [0.05, 0.1) is 12.6 Å². The smallest absolute Gasteiger partial charge is 0.234 e. The van der Waals surface area contributed by atoms with Crippen LogP contribution in [0, 0.1) is 18.8 Å². The van der Waals surface area contributed by atoms with Gasteiger partial charge in [0.25, 0.3) is 0 Å². The number of pyridine rings is 1. The zero-order valence-electron chi connectivity index (χ0n) is 22.2. The number of aryl methyl sites for hydroxylation is 1. The first-order valence-electron chi connectivity index (χ1n) is 12.9. The van der Waals surface area contributed by atoms with E-state index in [1.54, 1.807) is 13.2 Å². The van der Waals surface area contributed by atoms with Crippen LogP contribution in [0.3, 0.4) is 0 Å². The first-order valence-corrected chi connectivity index (χ1v) is 13.2. The normalized spacial score (nSPS) is 15.6. The summed E-state index contributed by atoms with van der Waals surface area (Å²) < 4.78 is 0. The third-order valence-electron chi connectivity index (χ3n) is 6.62. The Kier molecular flexibility index (Phi) is 10.1. The number of anilines is 1. The van der Waals surface area contributed by atoms with Gasteiger partial charge in [0.1, 0.15) is 5.82 Å². The first kappa shape index (κ1) is 27.9. The number of rotatable bonds is 10. The molecular formula is C28H40ClN5O2. The summed E-state index contributed by atoms with van der Waals surface area (Å²) in [6, 6.07) is 9.87. The molecule has 1 aromatic carbocycles. The van der Waals surface area contributed by atoms with Crippen LogP contribution in [0.5, 0.6) is 0 Å². The van der Waals surface area contributed by atoms with E-state index in [9.17, 15) is 9.59 Å². The van der Waals surface area contributed by atoms with Crippen molar-refractivity contribution < 1.29 is 9.59 Å². The maximum absolute atomic E-state index is 13.2. The van der Waals surface area contributed by atoms with E-state index in [0.29, 0.717) is 38.5 Å². The molecule has 36 heavy (non-hydrogen) atoms. The summed E-state index contributed by atoms with van der Waals surface area (Å²) in [5, 5.41) is 6.81. The highest BCUT2D eigenvalue weighted by Crippen LogP contribution is 2.30. The molecule has 2 amide bonds. The van der Waals surface area contributed by atoms with Gasteiger partial charge in [0, 0.05) is 48.9 Å². The van der Waals surface area contributed by atoms with E-state index in [2.05, 4.69) is 35.4 Å². The summed E-state index contributed by atoms with van der Waals surface area (Å²) in [6.07, 6.45) is 3.25. The summed E-state index contributed by atoms with van der Waals surface area (Å²) in [6.45, 7) is 11.3. The van der Waals surface area contributed by atoms with Crippen LogP contribution in [0.1, 0.15) is 49.9 Å². The van der Waals surface area contributed by atoms with Gasteiger partial charge >= 0.3 is 0 Å². The molecule has 3 rings (SSSR count). The lowest BCUT2D eigenvalue weighted by atomic mass is 9.96. The Hall–Kier alpha value is -2.64. The molecule has 2 atom stereocenters. The van der Waals surface area contributed by atoms with Crippen molar-refractivity contribution in [1.82, 2.24) is 20.5 Å². The zero-order valence-corrected chi connectivity index (χ0v) is 22.9. The zero-order chi connectivity index (χ0) is 26.2. The van der Waals surface area contributed by atoms with Gasteiger partial charge in [-0.1, -0.05) is 50.6 Å². The highest BCUT2D eigenvalue weighted by atomic mass is 35.5. The number of aromatic nitrogens is 1. The number of nitrogens with one attached hydrogen (secondary N) is 2. The molecule has 2 N–H and O–H groups in total. The lowest BCUT2D eigenvalue weighted by Crippen LogP contribution is -2.51. The number of amides is 2. The van der Waals surface area contributed by atoms with Crippen LogP contribution in [0.2, 0.25) is 5.02 Å². The van der Waals surface area contributed by atoms with Crippen LogP contribution in [0.4, 0.5) is 5.82 Å². The molecule has 0 bridgehead atoms. The molecule has 7 nitrogen and oxygen atoms in total. The second-order valence-corrected chi connectivity index (χ2v) is 10.6. The number of likely N-dealkylation sites (N-methyl/N-ethyl adjacent to an activating group) is 1. The van der Waals surface area contributed by atoms with Gasteiger partial charge in [-0.2, -0.15) is 0 Å². The summed E-state index contributed by atoms with van der Waals surface area (Å²) >= 11 is 6.40. The van der Waals surface area contributed by atoms with Gasteiger partial charge in [-0.25, -0.2) is 4.98 Å². The quantitative estimate of drug-likeness (QED) is 0.502. The van der Waals surface area contributed by atoms with Gasteiger partial charge < -0.3 is 20.4 Å². The molecule has 0 radical (unpaired) electrons. The van der Waals surface area contributed by atoms with Crippen molar-refractivity contribution in [3.05, 3.63) is 58.2 Å². The summed E-state index contributed by atoms with van der Waals surface area (Å²) in [4.78, 5) is 34.5. The molecule has 1 fully saturated rings. The average molecular weight is 514 g/mol. The number of hydrogen-bond acceptors (Lipinski definition) is 5. The van der Waals surface area contributed by atoms with Crippen molar-refractivity contribution in [3.63, 3.8) is 0 Å². The maximum Gasteiger partial charge on any atom is 0.234 e. The van der Waals surface area contributed by atoms with Gasteiger partial charge in [-0.05, 0) is 56.0 Å². The van der Waals surface area contributed by atoms with Crippen LogP contribution < -0.4 is 15.5 Å². The van der Waals surface area contributed by atoms with Crippen molar-refractivity contribution in [2.24, 2.45) is 11.8 Å². The minimum absolute atomic E-state index is 0.0314. The minimum atomic E-state index is -0.139. The van der Waals surface area contributed by atoms with Crippen LogP contribution in [0.25, 0.3) is 0 Å². The standard InChI is InChI=1S/C28H40ClN5O2/c1-19(2)15-25(32-26(35)18-30-5)23-7-6-10-31-27(23)33-11-13-34(14-12-33)28(36)21(4)17-22-9-8-20(3)16-24(22)29/h6-10,16,19,21,25,30H,11-15,17-18H2,1-5H3,(H,32,35). The predicted molar refractivity (Wildman–Crippen MR) is 146 cm³/mol. The van der Waals surface area contributed by atoms with E-state index < -0.39 is 0 Å². The van der Waals surface area contributed by atoms with E-state index in [0.717, 1.165) is 34.0 Å². The Labute approximate surface area is 220 Å². The average Bonchev–Trinajstić information content (AvgIpc) is 2.85. The van der Waals surface area contributed by atoms with Gasteiger partial charge in [0.2, 0.25) is 11.8 Å². The lowest BCUT2D eigenvalue weighted by Gasteiger charge is -2.38. The van der Waals surface area contributed by atoms with E-state index in [1.807, 2.05) is 43.0 Å². The van der Waals surface area contributed by atoms with Crippen molar-refractivity contribution in [2.75, 3.05) is 44.7 Å². The molecular weight excluding hydrogens is 474 g/mol. The molecule has 2 aromatic rings. The number of piperazine rings is 1.